The molecule has 0 aromatic heterocycles. The zero-order valence-corrected chi connectivity index (χ0v) is 13.1. The van der Waals surface area contributed by atoms with E-state index < -0.39 is 5.41 Å². The molecule has 1 saturated carbocycles. The Morgan fingerprint density at radius 2 is 1.74 bits per heavy atom. The highest BCUT2D eigenvalue weighted by Crippen LogP contribution is 2.44. The molecule has 2 N–H and O–H groups in total. The molecule has 4 heteroatoms. The molecule has 0 bridgehead atoms. The van der Waals surface area contributed by atoms with Gasteiger partial charge in [-0.3, -0.25) is 9.59 Å². The van der Waals surface area contributed by atoms with Gasteiger partial charge >= 0.3 is 0 Å². The van der Waals surface area contributed by atoms with E-state index >= 15 is 0 Å². The van der Waals surface area contributed by atoms with E-state index in [-0.39, 0.29) is 11.8 Å². The fourth-order valence-electron chi connectivity index (χ4n) is 3.07. The lowest BCUT2D eigenvalue weighted by atomic mass is 9.64. The Hall–Kier alpha value is -2.62. The molecule has 4 nitrogen and oxygen atoms in total. The van der Waals surface area contributed by atoms with E-state index in [1.165, 1.54) is 0 Å². The molecule has 0 saturated heterocycles. The third-order valence-corrected chi connectivity index (χ3v) is 4.58. The number of nitrogens with one attached hydrogen (secondary N) is 2. The van der Waals surface area contributed by atoms with Crippen LogP contribution >= 0.6 is 0 Å². The van der Waals surface area contributed by atoms with E-state index in [0.29, 0.717) is 11.3 Å². The fourth-order valence-corrected chi connectivity index (χ4v) is 3.07. The summed E-state index contributed by atoms with van der Waals surface area (Å²) < 4.78 is 0. The van der Waals surface area contributed by atoms with Gasteiger partial charge in [0.1, 0.15) is 0 Å². The number of hydrogen-bond acceptors (Lipinski definition) is 2. The van der Waals surface area contributed by atoms with Crippen molar-refractivity contribution in [2.45, 2.75) is 24.7 Å². The van der Waals surface area contributed by atoms with E-state index in [1.54, 1.807) is 25.2 Å². The molecule has 0 spiro atoms. The molecule has 118 valence electrons. The maximum atomic E-state index is 12.9. The van der Waals surface area contributed by atoms with E-state index in [0.717, 1.165) is 24.8 Å². The number of amides is 2. The third kappa shape index (κ3) is 2.84. The van der Waals surface area contributed by atoms with Crippen LogP contribution in [0.15, 0.2) is 54.6 Å². The van der Waals surface area contributed by atoms with Gasteiger partial charge in [0.2, 0.25) is 5.91 Å². The summed E-state index contributed by atoms with van der Waals surface area (Å²) in [5.41, 5.74) is 1.81. The number of carbonyl (C=O) groups is 2. The lowest BCUT2D eigenvalue weighted by molar-refractivity contribution is -0.124. The van der Waals surface area contributed by atoms with Crippen LogP contribution in [0.5, 0.6) is 0 Å². The van der Waals surface area contributed by atoms with Crippen molar-refractivity contribution < 1.29 is 9.59 Å². The van der Waals surface area contributed by atoms with Gasteiger partial charge in [0.25, 0.3) is 5.91 Å². The second kappa shape index (κ2) is 6.24. The Balaban J connectivity index is 1.83. The van der Waals surface area contributed by atoms with Crippen molar-refractivity contribution in [3.8, 4) is 0 Å². The highest BCUT2D eigenvalue weighted by Gasteiger charge is 2.45. The molecule has 2 aromatic rings. The number of anilines is 1. The Morgan fingerprint density at radius 1 is 1.00 bits per heavy atom. The fraction of sp³-hybridized carbons (Fsp3) is 0.263. The summed E-state index contributed by atoms with van der Waals surface area (Å²) >= 11 is 0. The molecule has 1 aliphatic carbocycles. The lowest BCUT2D eigenvalue weighted by Crippen LogP contribution is -2.46. The van der Waals surface area contributed by atoms with Crippen molar-refractivity contribution in [3.63, 3.8) is 0 Å². The van der Waals surface area contributed by atoms with Crippen LogP contribution in [0, 0.1) is 0 Å². The third-order valence-electron chi connectivity index (χ3n) is 4.58. The molecule has 1 aliphatic rings. The standard InChI is InChI=1S/C19H20N2O2/c1-20-17(22)14-7-5-10-16(13-14)21-18(23)19(11-6-12-19)15-8-3-2-4-9-15/h2-5,7-10,13H,6,11-12H2,1H3,(H,20,22)(H,21,23). The van der Waals surface area contributed by atoms with Gasteiger partial charge in [-0.1, -0.05) is 42.8 Å². The predicted octanol–water partition coefficient (Wildman–Crippen LogP) is 3.11. The van der Waals surface area contributed by atoms with Gasteiger partial charge in [0, 0.05) is 18.3 Å². The van der Waals surface area contributed by atoms with E-state index in [4.69, 9.17) is 0 Å². The monoisotopic (exact) mass is 308 g/mol. The van der Waals surface area contributed by atoms with Crippen LogP contribution in [-0.4, -0.2) is 18.9 Å². The van der Waals surface area contributed by atoms with Crippen LogP contribution in [0.25, 0.3) is 0 Å². The molecule has 0 aliphatic heterocycles. The summed E-state index contributed by atoms with van der Waals surface area (Å²) in [7, 11) is 1.59. The molecule has 3 rings (SSSR count). The molecular weight excluding hydrogens is 288 g/mol. The Morgan fingerprint density at radius 3 is 2.35 bits per heavy atom. The smallest absolute Gasteiger partial charge is 0.251 e. The number of rotatable bonds is 4. The van der Waals surface area contributed by atoms with Crippen molar-refractivity contribution >= 4 is 17.5 Å². The SMILES string of the molecule is CNC(=O)c1cccc(NC(=O)C2(c3ccccc3)CCC2)c1. The number of hydrogen-bond donors (Lipinski definition) is 2. The van der Waals surface area contributed by atoms with Crippen LogP contribution in [-0.2, 0) is 10.2 Å². The number of carbonyl (C=O) groups excluding carboxylic acids is 2. The van der Waals surface area contributed by atoms with Crippen LogP contribution in [0.3, 0.4) is 0 Å². The minimum absolute atomic E-state index is 0.00371. The minimum atomic E-state index is -0.440. The van der Waals surface area contributed by atoms with Crippen LogP contribution in [0.2, 0.25) is 0 Å². The summed E-state index contributed by atoms with van der Waals surface area (Å²) in [6.07, 6.45) is 2.77. The van der Waals surface area contributed by atoms with E-state index in [9.17, 15) is 9.59 Å². The van der Waals surface area contributed by atoms with Gasteiger partial charge in [0.15, 0.2) is 0 Å². The maximum Gasteiger partial charge on any atom is 0.251 e. The number of benzene rings is 2. The van der Waals surface area contributed by atoms with Crippen LogP contribution in [0.4, 0.5) is 5.69 Å². The first-order valence-electron chi connectivity index (χ1n) is 7.85. The van der Waals surface area contributed by atoms with Crippen molar-refractivity contribution in [2.24, 2.45) is 0 Å². The van der Waals surface area contributed by atoms with Gasteiger partial charge in [0.05, 0.1) is 5.41 Å². The first-order valence-corrected chi connectivity index (χ1v) is 7.85. The second-order valence-corrected chi connectivity index (χ2v) is 5.92. The second-order valence-electron chi connectivity index (χ2n) is 5.92. The summed E-state index contributed by atoms with van der Waals surface area (Å²) in [6.45, 7) is 0. The summed E-state index contributed by atoms with van der Waals surface area (Å²) in [6, 6.07) is 16.9. The molecule has 0 atom stereocenters. The summed E-state index contributed by atoms with van der Waals surface area (Å²) in [5, 5.41) is 5.57. The van der Waals surface area contributed by atoms with Gasteiger partial charge in [-0.25, -0.2) is 0 Å². The average Bonchev–Trinajstić information content (AvgIpc) is 2.54. The van der Waals surface area contributed by atoms with Crippen molar-refractivity contribution in [1.82, 2.24) is 5.32 Å². The molecular formula is C19H20N2O2. The summed E-state index contributed by atoms with van der Waals surface area (Å²) in [4.78, 5) is 24.6. The molecule has 0 heterocycles. The molecule has 0 unspecified atom stereocenters. The Labute approximate surface area is 135 Å². The van der Waals surface area contributed by atoms with Gasteiger partial charge < -0.3 is 10.6 Å². The molecule has 23 heavy (non-hydrogen) atoms. The molecule has 1 fully saturated rings. The highest BCUT2D eigenvalue weighted by molar-refractivity contribution is 6.01. The maximum absolute atomic E-state index is 12.9. The zero-order chi connectivity index (χ0) is 16.3. The minimum Gasteiger partial charge on any atom is -0.355 e. The van der Waals surface area contributed by atoms with Crippen molar-refractivity contribution in [3.05, 3.63) is 65.7 Å². The largest absolute Gasteiger partial charge is 0.355 e. The van der Waals surface area contributed by atoms with Crippen LogP contribution < -0.4 is 10.6 Å². The molecule has 2 aromatic carbocycles. The van der Waals surface area contributed by atoms with Crippen LogP contribution in [0.1, 0.15) is 35.2 Å². The van der Waals surface area contributed by atoms with Gasteiger partial charge in [-0.15, -0.1) is 0 Å². The van der Waals surface area contributed by atoms with Gasteiger partial charge in [-0.05, 0) is 36.6 Å². The Bertz CT molecular complexity index is 721. The molecule has 2 amide bonds. The first-order chi connectivity index (χ1) is 11.2. The average molecular weight is 308 g/mol. The highest BCUT2D eigenvalue weighted by atomic mass is 16.2. The quantitative estimate of drug-likeness (QED) is 0.912. The van der Waals surface area contributed by atoms with E-state index in [1.807, 2.05) is 36.4 Å². The first kappa shape index (κ1) is 15.3. The normalized spacial score (nSPS) is 15.3. The Kier molecular flexibility index (Phi) is 4.15. The predicted molar refractivity (Wildman–Crippen MR) is 90.4 cm³/mol. The van der Waals surface area contributed by atoms with Crippen molar-refractivity contribution in [2.75, 3.05) is 12.4 Å². The van der Waals surface area contributed by atoms with Crippen molar-refractivity contribution in [1.29, 1.82) is 0 Å². The topological polar surface area (TPSA) is 58.2 Å². The van der Waals surface area contributed by atoms with Gasteiger partial charge in [-0.2, -0.15) is 0 Å². The lowest BCUT2D eigenvalue weighted by Gasteiger charge is -2.40. The van der Waals surface area contributed by atoms with E-state index in [2.05, 4.69) is 10.6 Å². The summed E-state index contributed by atoms with van der Waals surface area (Å²) in [5.74, 6) is -0.161. The zero-order valence-electron chi connectivity index (χ0n) is 13.1. The molecule has 0 radical (unpaired) electrons.